The summed E-state index contributed by atoms with van der Waals surface area (Å²) in [7, 11) is 0. The summed E-state index contributed by atoms with van der Waals surface area (Å²) in [6, 6.07) is 10.1. The molecule has 2 heterocycles. The van der Waals surface area contributed by atoms with Crippen LogP contribution in [0, 0.1) is 0 Å². The number of fused-ring (bicyclic) bond motifs is 1. The molecule has 108 valence electrons. The molecular weight excluding hydrogens is 280 g/mol. The van der Waals surface area contributed by atoms with Crippen LogP contribution in [0.1, 0.15) is 18.9 Å². The normalized spacial score (nSPS) is 10.9. The quantitative estimate of drug-likeness (QED) is 0.730. The average molecular weight is 298 g/mol. The van der Waals surface area contributed by atoms with Gasteiger partial charge in [-0.3, -0.25) is 0 Å². The number of hydrogen-bond acceptors (Lipinski definition) is 5. The SMILES string of the molecule is CCCN(Cc1cccc(N)c1)c1ncnc2sccc12. The number of nitrogens with zero attached hydrogens (tertiary/aromatic N) is 3. The van der Waals surface area contributed by atoms with Crippen molar-refractivity contribution in [3.8, 4) is 0 Å². The molecule has 0 saturated heterocycles. The van der Waals surface area contributed by atoms with Crippen molar-refractivity contribution in [2.75, 3.05) is 17.2 Å². The van der Waals surface area contributed by atoms with E-state index < -0.39 is 0 Å². The Morgan fingerprint density at radius 2 is 2.14 bits per heavy atom. The smallest absolute Gasteiger partial charge is 0.141 e. The first-order valence-corrected chi connectivity index (χ1v) is 7.93. The van der Waals surface area contributed by atoms with Crippen LogP contribution in [0.25, 0.3) is 10.2 Å². The van der Waals surface area contributed by atoms with Gasteiger partial charge in [0.25, 0.3) is 0 Å². The van der Waals surface area contributed by atoms with E-state index in [4.69, 9.17) is 5.73 Å². The topological polar surface area (TPSA) is 55.0 Å². The summed E-state index contributed by atoms with van der Waals surface area (Å²) in [5.74, 6) is 1.01. The molecule has 0 atom stereocenters. The number of nitrogen functional groups attached to an aromatic ring is 1. The van der Waals surface area contributed by atoms with Crippen LogP contribution in [-0.2, 0) is 6.54 Å². The van der Waals surface area contributed by atoms with Crippen LogP contribution < -0.4 is 10.6 Å². The highest BCUT2D eigenvalue weighted by atomic mass is 32.1. The maximum absolute atomic E-state index is 5.88. The van der Waals surface area contributed by atoms with Crippen molar-refractivity contribution < 1.29 is 0 Å². The van der Waals surface area contributed by atoms with Crippen LogP contribution in [0.2, 0.25) is 0 Å². The maximum Gasteiger partial charge on any atom is 0.141 e. The third-order valence-electron chi connectivity index (χ3n) is 3.36. The molecule has 0 spiro atoms. The summed E-state index contributed by atoms with van der Waals surface area (Å²) >= 11 is 1.65. The monoisotopic (exact) mass is 298 g/mol. The van der Waals surface area contributed by atoms with Gasteiger partial charge in [0.1, 0.15) is 17.0 Å². The van der Waals surface area contributed by atoms with Crippen molar-refractivity contribution in [1.82, 2.24) is 9.97 Å². The molecule has 4 nitrogen and oxygen atoms in total. The molecule has 21 heavy (non-hydrogen) atoms. The fraction of sp³-hybridized carbons (Fsp3) is 0.250. The molecule has 0 aliphatic heterocycles. The molecule has 0 fully saturated rings. The number of benzene rings is 1. The first-order valence-electron chi connectivity index (χ1n) is 7.05. The van der Waals surface area contributed by atoms with E-state index in [1.54, 1.807) is 17.7 Å². The summed E-state index contributed by atoms with van der Waals surface area (Å²) in [6.45, 7) is 3.94. The molecule has 3 rings (SSSR count). The van der Waals surface area contributed by atoms with Crippen molar-refractivity contribution in [2.24, 2.45) is 0 Å². The number of anilines is 2. The maximum atomic E-state index is 5.88. The van der Waals surface area contributed by atoms with Crippen molar-refractivity contribution in [3.63, 3.8) is 0 Å². The minimum atomic E-state index is 0.798. The van der Waals surface area contributed by atoms with E-state index in [9.17, 15) is 0 Å². The highest BCUT2D eigenvalue weighted by Crippen LogP contribution is 2.28. The largest absolute Gasteiger partial charge is 0.399 e. The van der Waals surface area contributed by atoms with Crippen LogP contribution in [-0.4, -0.2) is 16.5 Å². The second-order valence-corrected chi connectivity index (χ2v) is 5.90. The van der Waals surface area contributed by atoms with Crippen LogP contribution in [0.5, 0.6) is 0 Å². The van der Waals surface area contributed by atoms with Gasteiger partial charge >= 0.3 is 0 Å². The lowest BCUT2D eigenvalue weighted by molar-refractivity contribution is 0.757. The zero-order valence-corrected chi connectivity index (χ0v) is 12.8. The molecule has 0 aliphatic carbocycles. The number of thiophene rings is 1. The second kappa shape index (κ2) is 6.10. The van der Waals surface area contributed by atoms with E-state index in [0.717, 1.165) is 41.2 Å². The minimum absolute atomic E-state index is 0.798. The van der Waals surface area contributed by atoms with Crippen molar-refractivity contribution in [3.05, 3.63) is 47.6 Å². The predicted octanol–water partition coefficient (Wildman–Crippen LogP) is 3.69. The fourth-order valence-electron chi connectivity index (χ4n) is 2.47. The number of hydrogen-bond donors (Lipinski definition) is 1. The highest BCUT2D eigenvalue weighted by Gasteiger charge is 2.13. The molecule has 2 N–H and O–H groups in total. The van der Waals surface area contributed by atoms with Gasteiger partial charge in [-0.05, 0) is 35.6 Å². The standard InChI is InChI=1S/C16H18N4S/c1-2-7-20(10-12-4-3-5-13(17)9-12)15-14-6-8-21-16(14)19-11-18-15/h3-6,8-9,11H,2,7,10,17H2,1H3. The predicted molar refractivity (Wildman–Crippen MR) is 89.6 cm³/mol. The van der Waals surface area contributed by atoms with E-state index in [1.807, 2.05) is 18.2 Å². The Morgan fingerprint density at radius 3 is 2.95 bits per heavy atom. The van der Waals surface area contributed by atoms with Gasteiger partial charge in [-0.2, -0.15) is 0 Å². The minimum Gasteiger partial charge on any atom is -0.399 e. The first kappa shape index (κ1) is 13.8. The Kier molecular flexibility index (Phi) is 4.01. The second-order valence-electron chi connectivity index (χ2n) is 5.00. The first-order chi connectivity index (χ1) is 10.3. The third kappa shape index (κ3) is 2.97. The summed E-state index contributed by atoms with van der Waals surface area (Å²) in [5, 5.41) is 3.19. The van der Waals surface area contributed by atoms with Gasteiger partial charge in [-0.1, -0.05) is 19.1 Å². The lowest BCUT2D eigenvalue weighted by Gasteiger charge is -2.24. The van der Waals surface area contributed by atoms with Gasteiger partial charge in [0.05, 0.1) is 5.39 Å². The zero-order valence-electron chi connectivity index (χ0n) is 12.0. The van der Waals surface area contributed by atoms with Gasteiger partial charge in [-0.25, -0.2) is 9.97 Å². The summed E-state index contributed by atoms with van der Waals surface area (Å²) in [6.07, 6.45) is 2.72. The van der Waals surface area contributed by atoms with Gasteiger partial charge in [-0.15, -0.1) is 11.3 Å². The van der Waals surface area contributed by atoms with Crippen molar-refractivity contribution in [1.29, 1.82) is 0 Å². The summed E-state index contributed by atoms with van der Waals surface area (Å²) in [5.41, 5.74) is 7.88. The lowest BCUT2D eigenvalue weighted by Crippen LogP contribution is -2.24. The van der Waals surface area contributed by atoms with Gasteiger partial charge in [0, 0.05) is 18.8 Å². The molecule has 0 radical (unpaired) electrons. The Morgan fingerprint density at radius 1 is 1.24 bits per heavy atom. The molecule has 0 unspecified atom stereocenters. The molecule has 5 heteroatoms. The molecule has 0 aliphatic rings. The molecule has 3 aromatic rings. The van der Waals surface area contributed by atoms with Crippen LogP contribution >= 0.6 is 11.3 Å². The van der Waals surface area contributed by atoms with Crippen LogP contribution in [0.15, 0.2) is 42.0 Å². The van der Waals surface area contributed by atoms with Crippen molar-refractivity contribution in [2.45, 2.75) is 19.9 Å². The average Bonchev–Trinajstić information content (AvgIpc) is 2.95. The Hall–Kier alpha value is -2.14. The molecule has 0 saturated carbocycles. The molecule has 1 aromatic carbocycles. The Labute approximate surface area is 128 Å². The van der Waals surface area contributed by atoms with Crippen molar-refractivity contribution >= 4 is 33.1 Å². The fourth-order valence-corrected chi connectivity index (χ4v) is 3.20. The molecule has 2 aromatic heterocycles. The lowest BCUT2D eigenvalue weighted by atomic mass is 10.2. The zero-order chi connectivity index (χ0) is 14.7. The summed E-state index contributed by atoms with van der Waals surface area (Å²) in [4.78, 5) is 12.2. The Balaban J connectivity index is 1.96. The molecule has 0 bridgehead atoms. The van der Waals surface area contributed by atoms with Gasteiger partial charge in [0.2, 0.25) is 0 Å². The van der Waals surface area contributed by atoms with E-state index >= 15 is 0 Å². The number of aromatic nitrogens is 2. The van der Waals surface area contributed by atoms with Gasteiger partial charge < -0.3 is 10.6 Å². The van der Waals surface area contributed by atoms with E-state index in [1.165, 1.54) is 5.56 Å². The number of nitrogens with two attached hydrogens (primary N) is 1. The number of rotatable bonds is 5. The third-order valence-corrected chi connectivity index (χ3v) is 4.18. The highest BCUT2D eigenvalue weighted by molar-refractivity contribution is 7.16. The summed E-state index contributed by atoms with van der Waals surface area (Å²) < 4.78 is 0. The van der Waals surface area contributed by atoms with E-state index in [0.29, 0.717) is 0 Å². The molecule has 0 amide bonds. The molecular formula is C16H18N4S. The van der Waals surface area contributed by atoms with E-state index in [-0.39, 0.29) is 0 Å². The van der Waals surface area contributed by atoms with E-state index in [2.05, 4.69) is 39.3 Å². The van der Waals surface area contributed by atoms with Gasteiger partial charge in [0.15, 0.2) is 0 Å². The van der Waals surface area contributed by atoms with Crippen LogP contribution in [0.3, 0.4) is 0 Å². The van der Waals surface area contributed by atoms with Crippen LogP contribution in [0.4, 0.5) is 11.5 Å². The Bertz CT molecular complexity index is 738.